The average Bonchev–Trinajstić information content (AvgIpc) is 3.20. The van der Waals surface area contributed by atoms with Crippen LogP contribution in [0.5, 0.6) is 11.5 Å². The summed E-state index contributed by atoms with van der Waals surface area (Å²) in [6.45, 7) is 3.80. The van der Waals surface area contributed by atoms with E-state index in [-0.39, 0.29) is 12.8 Å². The molecule has 0 radical (unpaired) electrons. The van der Waals surface area contributed by atoms with Crippen molar-refractivity contribution in [3.05, 3.63) is 40.3 Å². The molecule has 1 aromatic heterocycles. The summed E-state index contributed by atoms with van der Waals surface area (Å²) in [5.74, 6) is 1.48. The Kier molecular flexibility index (Phi) is 4.43. The molecular weight excluding hydrogens is 302 g/mol. The number of ether oxygens (including phenoxy) is 2. The molecule has 2 aromatic rings. The van der Waals surface area contributed by atoms with Crippen LogP contribution in [-0.4, -0.2) is 29.3 Å². The number of hydrogen-bond acceptors (Lipinski definition) is 5. The summed E-state index contributed by atoms with van der Waals surface area (Å²) in [6.07, 6.45) is 0. The molecule has 1 aliphatic rings. The molecule has 2 heterocycles. The highest BCUT2D eigenvalue weighted by Gasteiger charge is 2.16. The zero-order valence-corrected chi connectivity index (χ0v) is 13.1. The van der Waals surface area contributed by atoms with E-state index < -0.39 is 0 Å². The molecule has 0 fully saturated rings. The largest absolute Gasteiger partial charge is 0.454 e. The lowest BCUT2D eigenvalue weighted by Crippen LogP contribution is -2.39. The van der Waals surface area contributed by atoms with Crippen molar-refractivity contribution in [3.8, 4) is 11.5 Å². The molecule has 116 valence electrons. The van der Waals surface area contributed by atoms with Crippen molar-refractivity contribution in [3.63, 3.8) is 0 Å². The first kappa shape index (κ1) is 14.6. The number of nitrogens with one attached hydrogen (secondary N) is 1. The minimum Gasteiger partial charge on any atom is -0.454 e. The van der Waals surface area contributed by atoms with Crippen molar-refractivity contribution in [1.29, 1.82) is 0 Å². The van der Waals surface area contributed by atoms with Crippen molar-refractivity contribution in [2.24, 2.45) is 0 Å². The molecule has 1 aromatic carbocycles. The molecule has 1 aliphatic heterocycles. The second-order valence-electron chi connectivity index (χ2n) is 4.84. The number of nitrogens with zero attached hydrogens (tertiary/aromatic N) is 2. The van der Waals surface area contributed by atoms with Crippen LogP contribution in [0.25, 0.3) is 0 Å². The number of carbonyl (C=O) groups is 1. The fourth-order valence-corrected chi connectivity index (χ4v) is 2.75. The summed E-state index contributed by atoms with van der Waals surface area (Å²) in [7, 11) is 0. The number of hydrogen-bond donors (Lipinski definition) is 1. The first-order valence-corrected chi connectivity index (χ1v) is 7.99. The molecule has 1 N–H and O–H groups in total. The van der Waals surface area contributed by atoms with Gasteiger partial charge in [0.25, 0.3) is 0 Å². The molecule has 22 heavy (non-hydrogen) atoms. The van der Waals surface area contributed by atoms with Crippen LogP contribution < -0.4 is 14.8 Å². The molecule has 3 rings (SSSR count). The molecule has 0 bridgehead atoms. The molecule has 0 saturated heterocycles. The highest BCUT2D eigenvalue weighted by Crippen LogP contribution is 2.32. The van der Waals surface area contributed by atoms with E-state index in [4.69, 9.17) is 9.47 Å². The van der Waals surface area contributed by atoms with Gasteiger partial charge in [0, 0.05) is 18.5 Å². The normalized spacial score (nSPS) is 12.2. The van der Waals surface area contributed by atoms with Gasteiger partial charge in [0.05, 0.1) is 17.7 Å². The van der Waals surface area contributed by atoms with Crippen LogP contribution in [0.3, 0.4) is 0 Å². The van der Waals surface area contributed by atoms with E-state index in [1.807, 2.05) is 30.5 Å². The molecule has 0 aliphatic carbocycles. The molecule has 0 spiro atoms. The number of amides is 2. The summed E-state index contributed by atoms with van der Waals surface area (Å²) in [6, 6.07) is 5.63. The monoisotopic (exact) mass is 319 g/mol. The maximum atomic E-state index is 12.2. The second-order valence-corrected chi connectivity index (χ2v) is 5.56. The van der Waals surface area contributed by atoms with Gasteiger partial charge >= 0.3 is 6.03 Å². The highest BCUT2D eigenvalue weighted by atomic mass is 32.1. The Morgan fingerprint density at radius 1 is 1.41 bits per heavy atom. The van der Waals surface area contributed by atoms with Crippen molar-refractivity contribution < 1.29 is 14.3 Å². The number of fused-ring (bicyclic) bond motifs is 1. The van der Waals surface area contributed by atoms with Gasteiger partial charge in [0.2, 0.25) is 6.79 Å². The van der Waals surface area contributed by atoms with Gasteiger partial charge in [-0.1, -0.05) is 6.07 Å². The van der Waals surface area contributed by atoms with Crippen LogP contribution in [0.1, 0.15) is 18.2 Å². The first-order chi connectivity index (χ1) is 10.8. The van der Waals surface area contributed by atoms with Gasteiger partial charge in [-0.05, 0) is 24.6 Å². The summed E-state index contributed by atoms with van der Waals surface area (Å²) >= 11 is 1.52. The van der Waals surface area contributed by atoms with Gasteiger partial charge in [-0.25, -0.2) is 9.78 Å². The van der Waals surface area contributed by atoms with Crippen LogP contribution >= 0.6 is 11.3 Å². The zero-order valence-electron chi connectivity index (χ0n) is 12.2. The molecular formula is C15H17N3O3S. The maximum Gasteiger partial charge on any atom is 0.318 e. The van der Waals surface area contributed by atoms with E-state index >= 15 is 0 Å². The minimum absolute atomic E-state index is 0.104. The fourth-order valence-electron chi connectivity index (χ4n) is 2.19. The average molecular weight is 319 g/mol. The molecule has 0 saturated carbocycles. The van der Waals surface area contributed by atoms with Gasteiger partial charge in [-0.3, -0.25) is 0 Å². The van der Waals surface area contributed by atoms with Crippen LogP contribution in [0.4, 0.5) is 4.79 Å². The third-order valence-corrected chi connectivity index (χ3v) is 4.02. The third-order valence-electron chi connectivity index (χ3n) is 3.38. The second kappa shape index (κ2) is 6.65. The van der Waals surface area contributed by atoms with E-state index in [9.17, 15) is 4.79 Å². The predicted octanol–water partition coefficient (Wildman–Crippen LogP) is 2.60. The number of thiazole rings is 1. The van der Waals surface area contributed by atoms with E-state index in [1.54, 1.807) is 10.4 Å². The molecule has 7 heteroatoms. The molecule has 6 nitrogen and oxygen atoms in total. The van der Waals surface area contributed by atoms with Gasteiger partial charge < -0.3 is 19.7 Å². The van der Waals surface area contributed by atoms with E-state index in [1.165, 1.54) is 11.3 Å². The predicted molar refractivity (Wildman–Crippen MR) is 83.0 cm³/mol. The van der Waals surface area contributed by atoms with Gasteiger partial charge in [0.1, 0.15) is 0 Å². The van der Waals surface area contributed by atoms with Crippen molar-refractivity contribution in [2.75, 3.05) is 13.3 Å². The Labute approximate surface area is 132 Å². The summed E-state index contributed by atoms with van der Waals surface area (Å²) in [4.78, 5) is 18.1. The van der Waals surface area contributed by atoms with E-state index in [0.717, 1.165) is 22.8 Å². The Bertz CT molecular complexity index is 645. The first-order valence-electron chi connectivity index (χ1n) is 7.04. The minimum atomic E-state index is -0.104. The quantitative estimate of drug-likeness (QED) is 0.920. The standard InChI is InChI=1S/C15H17N3O3S/c1-2-18(15(19)16-6-12-8-22-9-17-12)7-11-3-4-13-14(5-11)21-10-20-13/h3-5,8-9H,2,6-7,10H2,1H3,(H,16,19). The molecule has 0 unspecified atom stereocenters. The lowest BCUT2D eigenvalue weighted by molar-refractivity contribution is 0.173. The highest BCUT2D eigenvalue weighted by molar-refractivity contribution is 7.07. The fraction of sp³-hybridized carbons (Fsp3) is 0.333. The van der Waals surface area contributed by atoms with Crippen molar-refractivity contribution in [1.82, 2.24) is 15.2 Å². The maximum absolute atomic E-state index is 12.2. The lowest BCUT2D eigenvalue weighted by atomic mass is 10.2. The number of benzene rings is 1. The number of aromatic nitrogens is 1. The van der Waals surface area contributed by atoms with Crippen LogP contribution in [0.15, 0.2) is 29.1 Å². The summed E-state index contributed by atoms with van der Waals surface area (Å²) < 4.78 is 10.7. The topological polar surface area (TPSA) is 63.7 Å². The van der Waals surface area contributed by atoms with Gasteiger partial charge in [-0.15, -0.1) is 11.3 Å². The Morgan fingerprint density at radius 3 is 3.05 bits per heavy atom. The molecule has 2 amide bonds. The Balaban J connectivity index is 1.60. The Hall–Kier alpha value is -2.28. The number of rotatable bonds is 5. The van der Waals surface area contributed by atoms with Gasteiger partial charge in [0.15, 0.2) is 11.5 Å². The van der Waals surface area contributed by atoms with Gasteiger partial charge in [-0.2, -0.15) is 0 Å². The van der Waals surface area contributed by atoms with Crippen LogP contribution in [0.2, 0.25) is 0 Å². The Morgan fingerprint density at radius 2 is 2.27 bits per heavy atom. The third kappa shape index (κ3) is 3.30. The van der Waals surface area contributed by atoms with E-state index in [0.29, 0.717) is 19.6 Å². The number of urea groups is 1. The van der Waals surface area contributed by atoms with Crippen molar-refractivity contribution >= 4 is 17.4 Å². The van der Waals surface area contributed by atoms with Crippen molar-refractivity contribution in [2.45, 2.75) is 20.0 Å². The zero-order chi connectivity index (χ0) is 15.4. The lowest BCUT2D eigenvalue weighted by Gasteiger charge is -2.21. The van der Waals surface area contributed by atoms with Crippen LogP contribution in [0, 0.1) is 0 Å². The summed E-state index contributed by atoms with van der Waals surface area (Å²) in [5.41, 5.74) is 3.64. The number of carbonyl (C=O) groups excluding carboxylic acids is 1. The molecule has 0 atom stereocenters. The van der Waals surface area contributed by atoms with Crippen LogP contribution in [-0.2, 0) is 13.1 Å². The SMILES string of the molecule is CCN(Cc1ccc2c(c1)OCO2)C(=O)NCc1cscn1. The summed E-state index contributed by atoms with van der Waals surface area (Å²) in [5, 5.41) is 4.81. The smallest absolute Gasteiger partial charge is 0.318 e. The van der Waals surface area contributed by atoms with E-state index in [2.05, 4.69) is 10.3 Å².